The zero-order valence-corrected chi connectivity index (χ0v) is 12.1. The van der Waals surface area contributed by atoms with Crippen molar-refractivity contribution in [1.29, 1.82) is 0 Å². The summed E-state index contributed by atoms with van der Waals surface area (Å²) in [5.74, 6) is 0. The van der Waals surface area contributed by atoms with Crippen LogP contribution in [0.15, 0.2) is 9.59 Å². The summed E-state index contributed by atoms with van der Waals surface area (Å²) in [5, 5.41) is 0.482. The minimum atomic E-state index is -0.387. The van der Waals surface area contributed by atoms with Crippen LogP contribution >= 0.6 is 23.4 Å². The van der Waals surface area contributed by atoms with E-state index in [4.69, 9.17) is 11.6 Å². The number of aromatic amines is 1. The van der Waals surface area contributed by atoms with E-state index in [0.717, 1.165) is 19.3 Å². The smallest absolute Gasteiger partial charge is 0.297 e. The molecule has 100 valence electrons. The Hall–Kier alpha value is -0.680. The van der Waals surface area contributed by atoms with Crippen molar-refractivity contribution in [2.75, 3.05) is 6.26 Å². The Kier molecular flexibility index (Phi) is 4.22. The van der Waals surface area contributed by atoms with Crippen molar-refractivity contribution >= 4 is 23.4 Å². The number of H-pyrrole nitrogens is 1. The number of hydrogen-bond donors (Lipinski definition) is 1. The number of thioether (sulfide) groups is 1. The normalized spacial score (nSPS) is 24.2. The Morgan fingerprint density at radius 2 is 2.00 bits per heavy atom. The molecule has 18 heavy (non-hydrogen) atoms. The lowest BCUT2D eigenvalue weighted by Crippen LogP contribution is -2.43. The molecule has 2 rings (SSSR count). The standard InChI is InChI=1S/C12H17ClN2O2S/c1-7-10(13)14-12(17)15(11(7)16)8-5-3-4-6-9(8)18-2/h8-9H,3-6H2,1-2H3,(H,14,17). The molecule has 1 heterocycles. The van der Waals surface area contributed by atoms with Gasteiger partial charge in [0.05, 0.1) is 6.04 Å². The highest BCUT2D eigenvalue weighted by atomic mass is 35.5. The number of nitrogens with zero attached hydrogens (tertiary/aromatic N) is 1. The van der Waals surface area contributed by atoms with E-state index in [-0.39, 0.29) is 22.4 Å². The van der Waals surface area contributed by atoms with Crippen molar-refractivity contribution in [2.45, 2.75) is 43.9 Å². The third-order valence-electron chi connectivity index (χ3n) is 3.61. The molecule has 0 amide bonds. The topological polar surface area (TPSA) is 54.9 Å². The van der Waals surface area contributed by atoms with E-state index in [1.165, 1.54) is 11.0 Å². The Labute approximate surface area is 115 Å². The second kappa shape index (κ2) is 5.53. The van der Waals surface area contributed by atoms with Gasteiger partial charge < -0.3 is 0 Å². The molecular weight excluding hydrogens is 272 g/mol. The Bertz CT molecular complexity index is 552. The van der Waals surface area contributed by atoms with Crippen LogP contribution in [0, 0.1) is 6.92 Å². The zero-order valence-electron chi connectivity index (χ0n) is 10.5. The molecule has 0 spiro atoms. The van der Waals surface area contributed by atoms with Crippen LogP contribution in [0.3, 0.4) is 0 Å². The maximum atomic E-state index is 12.2. The molecule has 0 saturated heterocycles. The Morgan fingerprint density at radius 1 is 1.33 bits per heavy atom. The summed E-state index contributed by atoms with van der Waals surface area (Å²) >= 11 is 7.56. The number of halogens is 1. The molecule has 1 aliphatic rings. The van der Waals surface area contributed by atoms with Crippen molar-refractivity contribution in [3.05, 3.63) is 31.6 Å². The lowest BCUT2D eigenvalue weighted by Gasteiger charge is -2.31. The molecule has 6 heteroatoms. The van der Waals surface area contributed by atoms with Gasteiger partial charge in [-0.25, -0.2) is 4.79 Å². The molecular formula is C12H17ClN2O2S. The van der Waals surface area contributed by atoms with Gasteiger partial charge in [0, 0.05) is 10.8 Å². The highest BCUT2D eigenvalue weighted by molar-refractivity contribution is 7.99. The van der Waals surface area contributed by atoms with Gasteiger partial charge >= 0.3 is 5.69 Å². The van der Waals surface area contributed by atoms with E-state index in [0.29, 0.717) is 10.8 Å². The maximum absolute atomic E-state index is 12.2. The second-order valence-corrected chi connectivity index (χ2v) is 6.13. The highest BCUT2D eigenvalue weighted by Gasteiger charge is 2.28. The highest BCUT2D eigenvalue weighted by Crippen LogP contribution is 2.34. The molecule has 1 N–H and O–H groups in total. The van der Waals surface area contributed by atoms with Gasteiger partial charge in [-0.2, -0.15) is 11.8 Å². The SMILES string of the molecule is CSC1CCCCC1n1c(=O)[nH]c(Cl)c(C)c1=O. The summed E-state index contributed by atoms with van der Waals surface area (Å²) in [5.41, 5.74) is -0.224. The molecule has 0 bridgehead atoms. The van der Waals surface area contributed by atoms with Gasteiger partial charge in [-0.15, -0.1) is 0 Å². The number of hydrogen-bond acceptors (Lipinski definition) is 3. The fourth-order valence-electron chi connectivity index (χ4n) is 2.56. The molecule has 0 aliphatic heterocycles. The van der Waals surface area contributed by atoms with Crippen LogP contribution in [0.1, 0.15) is 37.3 Å². The van der Waals surface area contributed by atoms with Crippen molar-refractivity contribution in [3.8, 4) is 0 Å². The predicted molar refractivity (Wildman–Crippen MR) is 75.9 cm³/mol. The average molecular weight is 289 g/mol. The molecule has 1 aromatic rings. The van der Waals surface area contributed by atoms with Crippen LogP contribution in [0.2, 0.25) is 5.15 Å². The van der Waals surface area contributed by atoms with Crippen LogP contribution in [0.4, 0.5) is 0 Å². The van der Waals surface area contributed by atoms with E-state index in [9.17, 15) is 9.59 Å². The van der Waals surface area contributed by atoms with E-state index in [2.05, 4.69) is 4.98 Å². The first-order chi connectivity index (χ1) is 8.56. The molecule has 2 atom stereocenters. The Morgan fingerprint density at radius 3 is 2.67 bits per heavy atom. The summed E-state index contributed by atoms with van der Waals surface area (Å²) in [6.45, 7) is 1.65. The van der Waals surface area contributed by atoms with Gasteiger partial charge in [-0.3, -0.25) is 14.3 Å². The summed E-state index contributed by atoms with van der Waals surface area (Å²) in [4.78, 5) is 26.8. The van der Waals surface area contributed by atoms with Crippen molar-refractivity contribution in [1.82, 2.24) is 9.55 Å². The van der Waals surface area contributed by atoms with E-state index in [1.54, 1.807) is 18.7 Å². The minimum Gasteiger partial charge on any atom is -0.297 e. The van der Waals surface area contributed by atoms with Gasteiger partial charge in [0.25, 0.3) is 5.56 Å². The number of aromatic nitrogens is 2. The third kappa shape index (κ3) is 2.38. The van der Waals surface area contributed by atoms with Crippen LogP contribution in [0.5, 0.6) is 0 Å². The van der Waals surface area contributed by atoms with E-state index < -0.39 is 0 Å². The molecule has 0 aromatic carbocycles. The van der Waals surface area contributed by atoms with Gasteiger partial charge in [-0.05, 0) is 26.0 Å². The second-order valence-electron chi connectivity index (χ2n) is 4.67. The molecule has 1 fully saturated rings. The van der Waals surface area contributed by atoms with Gasteiger partial charge in [0.15, 0.2) is 0 Å². The van der Waals surface area contributed by atoms with Crippen LogP contribution in [-0.4, -0.2) is 21.1 Å². The van der Waals surface area contributed by atoms with Crippen LogP contribution in [0.25, 0.3) is 0 Å². The minimum absolute atomic E-state index is 0.0130. The molecule has 0 radical (unpaired) electrons. The van der Waals surface area contributed by atoms with Crippen LogP contribution < -0.4 is 11.2 Å². The fraction of sp³-hybridized carbons (Fsp3) is 0.667. The van der Waals surface area contributed by atoms with Gasteiger partial charge in [0.2, 0.25) is 0 Å². The molecule has 1 aliphatic carbocycles. The summed E-state index contributed by atoms with van der Waals surface area (Å²) in [6.07, 6.45) is 6.20. The van der Waals surface area contributed by atoms with Crippen molar-refractivity contribution in [2.24, 2.45) is 0 Å². The Balaban J connectivity index is 2.53. The number of rotatable bonds is 2. The quantitative estimate of drug-likeness (QED) is 0.850. The largest absolute Gasteiger partial charge is 0.329 e. The maximum Gasteiger partial charge on any atom is 0.329 e. The fourth-order valence-corrected chi connectivity index (χ4v) is 3.70. The zero-order chi connectivity index (χ0) is 13.3. The monoisotopic (exact) mass is 288 g/mol. The first-order valence-corrected chi connectivity index (χ1v) is 7.76. The molecule has 1 saturated carbocycles. The van der Waals surface area contributed by atoms with Crippen molar-refractivity contribution < 1.29 is 0 Å². The average Bonchev–Trinajstić information content (AvgIpc) is 2.37. The molecule has 2 unspecified atom stereocenters. The lowest BCUT2D eigenvalue weighted by molar-refractivity contribution is 0.346. The van der Waals surface area contributed by atoms with Gasteiger partial charge in [0.1, 0.15) is 5.15 Å². The predicted octanol–water partition coefficient (Wildman–Crippen LogP) is 2.35. The molecule has 4 nitrogen and oxygen atoms in total. The molecule has 1 aromatic heterocycles. The van der Waals surface area contributed by atoms with E-state index in [1.807, 2.05) is 6.26 Å². The summed E-state index contributed by atoms with van der Waals surface area (Å²) in [6, 6.07) is -0.0130. The number of nitrogens with one attached hydrogen (secondary N) is 1. The first kappa shape index (κ1) is 13.7. The summed E-state index contributed by atoms with van der Waals surface area (Å²) in [7, 11) is 0. The van der Waals surface area contributed by atoms with Crippen LogP contribution in [-0.2, 0) is 0 Å². The summed E-state index contributed by atoms with van der Waals surface area (Å²) < 4.78 is 1.36. The van der Waals surface area contributed by atoms with Crippen molar-refractivity contribution in [3.63, 3.8) is 0 Å². The third-order valence-corrected chi connectivity index (χ3v) is 5.14. The van der Waals surface area contributed by atoms with E-state index >= 15 is 0 Å². The first-order valence-electron chi connectivity index (χ1n) is 6.10. The van der Waals surface area contributed by atoms with Gasteiger partial charge in [-0.1, -0.05) is 24.4 Å². The lowest BCUT2D eigenvalue weighted by atomic mass is 9.94.